The van der Waals surface area contributed by atoms with Crippen molar-refractivity contribution in [3.05, 3.63) is 57.5 Å². The third-order valence-electron chi connectivity index (χ3n) is 3.89. The Morgan fingerprint density at radius 3 is 2.65 bits per heavy atom. The molecule has 1 aliphatic heterocycles. The van der Waals surface area contributed by atoms with E-state index in [4.69, 9.17) is 0 Å². The Kier molecular flexibility index (Phi) is 4.15. The fraction of sp³-hybridized carbons (Fsp3) is 0.375. The van der Waals surface area contributed by atoms with Gasteiger partial charge in [0.2, 0.25) is 0 Å². The molecule has 1 atom stereocenters. The molecule has 0 bridgehead atoms. The van der Waals surface area contributed by atoms with Crippen molar-refractivity contribution in [1.29, 1.82) is 0 Å². The lowest BCUT2D eigenvalue weighted by atomic mass is 9.97. The molecule has 2 nitrogen and oxygen atoms in total. The van der Waals surface area contributed by atoms with Crippen molar-refractivity contribution in [3.63, 3.8) is 0 Å². The van der Waals surface area contributed by atoms with Crippen LogP contribution in [0.4, 0.5) is 4.39 Å². The second kappa shape index (κ2) is 6.04. The standard InChI is InChI=1S/C16H19FN2S/c1-12-2-3-13(10-15(12)17)16(14-4-9-20-11-14)19-7-5-18-6-8-19/h2-4,9-11,16,18H,5-8H2,1H3/t16-/m1/s1. The van der Waals surface area contributed by atoms with E-state index in [1.165, 1.54) is 5.56 Å². The summed E-state index contributed by atoms with van der Waals surface area (Å²) in [5, 5.41) is 7.64. The van der Waals surface area contributed by atoms with Gasteiger partial charge in [-0.15, -0.1) is 0 Å². The number of thiophene rings is 1. The van der Waals surface area contributed by atoms with Crippen LogP contribution in [0.2, 0.25) is 0 Å². The fourth-order valence-corrected chi connectivity index (χ4v) is 3.44. The lowest BCUT2D eigenvalue weighted by Gasteiger charge is -2.35. The van der Waals surface area contributed by atoms with Crippen molar-refractivity contribution in [2.45, 2.75) is 13.0 Å². The quantitative estimate of drug-likeness (QED) is 0.934. The number of aryl methyl sites for hydroxylation is 1. The molecule has 1 saturated heterocycles. The zero-order valence-electron chi connectivity index (χ0n) is 11.6. The van der Waals surface area contributed by atoms with Crippen LogP contribution in [0.5, 0.6) is 0 Å². The van der Waals surface area contributed by atoms with Crippen molar-refractivity contribution >= 4 is 11.3 Å². The van der Waals surface area contributed by atoms with E-state index in [0.29, 0.717) is 5.56 Å². The average Bonchev–Trinajstić information content (AvgIpc) is 2.98. The summed E-state index contributed by atoms with van der Waals surface area (Å²) in [6.45, 7) is 5.79. The molecule has 3 rings (SSSR count). The van der Waals surface area contributed by atoms with Gasteiger partial charge in [-0.1, -0.05) is 12.1 Å². The lowest BCUT2D eigenvalue weighted by molar-refractivity contribution is 0.198. The number of benzene rings is 1. The molecule has 0 saturated carbocycles. The summed E-state index contributed by atoms with van der Waals surface area (Å²) >= 11 is 1.70. The van der Waals surface area contributed by atoms with Gasteiger partial charge in [0.15, 0.2) is 0 Å². The van der Waals surface area contributed by atoms with Crippen LogP contribution in [-0.4, -0.2) is 31.1 Å². The Hall–Kier alpha value is -1.23. The van der Waals surface area contributed by atoms with E-state index in [0.717, 1.165) is 31.7 Å². The van der Waals surface area contributed by atoms with E-state index in [9.17, 15) is 4.39 Å². The second-order valence-corrected chi connectivity index (χ2v) is 6.03. The van der Waals surface area contributed by atoms with E-state index in [2.05, 4.69) is 33.1 Å². The minimum atomic E-state index is -0.113. The van der Waals surface area contributed by atoms with Gasteiger partial charge in [0.25, 0.3) is 0 Å². The second-order valence-electron chi connectivity index (χ2n) is 5.25. The van der Waals surface area contributed by atoms with Crippen LogP contribution in [0.1, 0.15) is 22.7 Å². The Morgan fingerprint density at radius 1 is 1.20 bits per heavy atom. The largest absolute Gasteiger partial charge is 0.314 e. The molecule has 0 aliphatic carbocycles. The van der Waals surface area contributed by atoms with Gasteiger partial charge in [0.05, 0.1) is 6.04 Å². The number of nitrogens with one attached hydrogen (secondary N) is 1. The molecule has 1 aliphatic rings. The zero-order valence-corrected chi connectivity index (χ0v) is 12.4. The highest BCUT2D eigenvalue weighted by molar-refractivity contribution is 7.08. The van der Waals surface area contributed by atoms with Crippen molar-refractivity contribution in [3.8, 4) is 0 Å². The van der Waals surface area contributed by atoms with Gasteiger partial charge in [0, 0.05) is 26.2 Å². The SMILES string of the molecule is Cc1ccc([C@H](c2ccsc2)N2CCNCC2)cc1F. The number of hydrogen-bond donors (Lipinski definition) is 1. The molecule has 1 fully saturated rings. The normalized spacial score (nSPS) is 18.1. The van der Waals surface area contributed by atoms with Gasteiger partial charge in [-0.2, -0.15) is 11.3 Å². The summed E-state index contributed by atoms with van der Waals surface area (Å²) in [5.41, 5.74) is 3.02. The Morgan fingerprint density at radius 2 is 2.00 bits per heavy atom. The molecule has 0 spiro atoms. The summed E-state index contributed by atoms with van der Waals surface area (Å²) in [7, 11) is 0. The molecule has 2 heterocycles. The van der Waals surface area contributed by atoms with E-state index in [1.54, 1.807) is 17.4 Å². The van der Waals surface area contributed by atoms with E-state index < -0.39 is 0 Å². The predicted octanol–water partition coefficient (Wildman–Crippen LogP) is 3.19. The van der Waals surface area contributed by atoms with Crippen LogP contribution in [0, 0.1) is 12.7 Å². The highest BCUT2D eigenvalue weighted by Gasteiger charge is 2.24. The van der Waals surface area contributed by atoms with Gasteiger partial charge in [-0.05, 0) is 46.5 Å². The third kappa shape index (κ3) is 2.77. The summed E-state index contributed by atoms with van der Waals surface area (Å²) in [6.07, 6.45) is 0. The molecule has 1 aromatic heterocycles. The molecule has 2 aromatic rings. The summed E-state index contributed by atoms with van der Waals surface area (Å²) in [5.74, 6) is -0.113. The molecule has 20 heavy (non-hydrogen) atoms. The Labute approximate surface area is 123 Å². The van der Waals surface area contributed by atoms with Gasteiger partial charge in [-0.25, -0.2) is 4.39 Å². The minimum Gasteiger partial charge on any atom is -0.314 e. The van der Waals surface area contributed by atoms with Crippen LogP contribution in [-0.2, 0) is 0 Å². The van der Waals surface area contributed by atoms with Crippen LogP contribution in [0.15, 0.2) is 35.0 Å². The van der Waals surface area contributed by atoms with Crippen molar-refractivity contribution < 1.29 is 4.39 Å². The van der Waals surface area contributed by atoms with Gasteiger partial charge >= 0.3 is 0 Å². The molecule has 0 radical (unpaired) electrons. The molecule has 4 heteroatoms. The predicted molar refractivity (Wildman–Crippen MR) is 81.7 cm³/mol. The first-order valence-electron chi connectivity index (χ1n) is 6.98. The molecule has 0 amide bonds. The highest BCUT2D eigenvalue weighted by atomic mass is 32.1. The summed E-state index contributed by atoms with van der Waals surface area (Å²) in [6, 6.07) is 7.95. The first-order chi connectivity index (χ1) is 9.75. The topological polar surface area (TPSA) is 15.3 Å². The maximum atomic E-state index is 13.9. The lowest BCUT2D eigenvalue weighted by Crippen LogP contribution is -2.45. The maximum Gasteiger partial charge on any atom is 0.126 e. The molecular weight excluding hydrogens is 271 g/mol. The zero-order chi connectivity index (χ0) is 13.9. The monoisotopic (exact) mass is 290 g/mol. The summed E-state index contributed by atoms with van der Waals surface area (Å²) in [4.78, 5) is 2.43. The highest BCUT2D eigenvalue weighted by Crippen LogP contribution is 2.31. The van der Waals surface area contributed by atoms with Crippen LogP contribution >= 0.6 is 11.3 Å². The van der Waals surface area contributed by atoms with Gasteiger partial charge in [-0.3, -0.25) is 4.90 Å². The summed E-state index contributed by atoms with van der Waals surface area (Å²) < 4.78 is 13.9. The number of piperazine rings is 1. The first-order valence-corrected chi connectivity index (χ1v) is 7.93. The molecule has 1 N–H and O–H groups in total. The number of nitrogens with zero attached hydrogens (tertiary/aromatic N) is 1. The van der Waals surface area contributed by atoms with E-state index >= 15 is 0 Å². The third-order valence-corrected chi connectivity index (χ3v) is 4.59. The van der Waals surface area contributed by atoms with Crippen LogP contribution < -0.4 is 5.32 Å². The molecule has 0 unspecified atom stereocenters. The number of hydrogen-bond acceptors (Lipinski definition) is 3. The molecular formula is C16H19FN2S. The average molecular weight is 290 g/mol. The van der Waals surface area contributed by atoms with Gasteiger partial charge < -0.3 is 5.32 Å². The molecule has 1 aromatic carbocycles. The Bertz CT molecular complexity index is 562. The maximum absolute atomic E-state index is 13.9. The van der Waals surface area contributed by atoms with Gasteiger partial charge in [0.1, 0.15) is 5.82 Å². The number of halogens is 1. The van der Waals surface area contributed by atoms with E-state index in [-0.39, 0.29) is 11.9 Å². The smallest absolute Gasteiger partial charge is 0.126 e. The number of rotatable bonds is 3. The van der Waals surface area contributed by atoms with Crippen molar-refractivity contribution in [2.24, 2.45) is 0 Å². The molecule has 106 valence electrons. The fourth-order valence-electron chi connectivity index (χ4n) is 2.76. The Balaban J connectivity index is 1.98. The van der Waals surface area contributed by atoms with Crippen LogP contribution in [0.25, 0.3) is 0 Å². The first kappa shape index (κ1) is 13.7. The van der Waals surface area contributed by atoms with Crippen molar-refractivity contribution in [2.75, 3.05) is 26.2 Å². The van der Waals surface area contributed by atoms with Crippen molar-refractivity contribution in [1.82, 2.24) is 10.2 Å². The minimum absolute atomic E-state index is 0.113. The van der Waals surface area contributed by atoms with E-state index in [1.807, 2.05) is 13.0 Å². The van der Waals surface area contributed by atoms with Crippen LogP contribution in [0.3, 0.4) is 0 Å².